The summed E-state index contributed by atoms with van der Waals surface area (Å²) in [6, 6.07) is 0. The number of hydrogen-bond donors (Lipinski definition) is 1. The normalized spacial score (nSPS) is 7.70. The molecule has 0 atom stereocenters. The minimum absolute atomic E-state index is 0. The van der Waals surface area contributed by atoms with E-state index in [-0.39, 0.29) is 18.6 Å². The van der Waals surface area contributed by atoms with Crippen LogP contribution in [0.4, 0.5) is 0 Å². The van der Waals surface area contributed by atoms with Crippen molar-refractivity contribution in [1.82, 2.24) is 0 Å². The molecule has 1 amide bonds. The Morgan fingerprint density at radius 1 is 1.50 bits per heavy atom. The summed E-state index contributed by atoms with van der Waals surface area (Å²) in [7, 11) is 0. The van der Waals surface area contributed by atoms with Crippen molar-refractivity contribution in [3.63, 3.8) is 0 Å². The summed E-state index contributed by atoms with van der Waals surface area (Å²) < 4.78 is 0. The third kappa shape index (κ3) is 6.01. The third-order valence-corrected chi connectivity index (χ3v) is 1.37. The van der Waals surface area contributed by atoms with E-state index in [9.17, 15) is 4.79 Å². The molecule has 0 saturated carbocycles. The van der Waals surface area contributed by atoms with Crippen LogP contribution < -0.4 is 5.73 Å². The molecule has 0 aliphatic rings. The Balaban J connectivity index is 0. The van der Waals surface area contributed by atoms with Crippen LogP contribution in [-0.2, 0) is 23.4 Å². The maximum atomic E-state index is 10.3. The van der Waals surface area contributed by atoms with Gasteiger partial charge in [0.1, 0.15) is 0 Å². The van der Waals surface area contributed by atoms with Gasteiger partial charge in [-0.05, 0) is 11.8 Å². The zero-order valence-corrected chi connectivity index (χ0v) is 7.97. The zero-order chi connectivity index (χ0) is 7.44. The molecule has 0 aromatic rings. The van der Waals surface area contributed by atoms with Crippen LogP contribution in [-0.4, -0.2) is 5.91 Å². The van der Waals surface area contributed by atoms with Crippen molar-refractivity contribution in [2.24, 2.45) is 5.73 Å². The van der Waals surface area contributed by atoms with Crippen LogP contribution in [0.2, 0.25) is 0 Å². The molecule has 0 aliphatic heterocycles. The molecule has 0 rings (SSSR count). The molecule has 1 radical (unpaired) electrons. The Labute approximate surface area is 76.8 Å². The van der Waals surface area contributed by atoms with Crippen molar-refractivity contribution in [3.05, 3.63) is 23.0 Å². The van der Waals surface area contributed by atoms with Crippen molar-refractivity contribution in [1.29, 1.82) is 0 Å². The van der Waals surface area contributed by atoms with Crippen molar-refractivity contribution >= 4 is 17.7 Å². The fourth-order valence-electron chi connectivity index (χ4n) is 0.261. The number of rotatable bonds is 3. The molecule has 0 fully saturated rings. The SMILES string of the molecule is C=C(C)SC(=C)C(N)=O.[V]. The van der Waals surface area contributed by atoms with Crippen LogP contribution in [0.3, 0.4) is 0 Å². The predicted octanol–water partition coefficient (Wildman–Crippen LogP) is 1.25. The largest absolute Gasteiger partial charge is 0.365 e. The van der Waals surface area contributed by atoms with E-state index >= 15 is 0 Å². The maximum Gasteiger partial charge on any atom is 0.254 e. The molecule has 55 valence electrons. The molecule has 4 heteroatoms. The number of primary amides is 1. The van der Waals surface area contributed by atoms with E-state index in [0.29, 0.717) is 4.91 Å². The van der Waals surface area contributed by atoms with Crippen LogP contribution in [0.25, 0.3) is 0 Å². The first-order chi connectivity index (χ1) is 4.04. The standard InChI is InChI=1S/C6H9NOS.V/c1-4(2)9-5(3)6(7)8;/h1,3H2,2H3,(H2,7,8);. The molecule has 0 aromatic heterocycles. The molecule has 2 N–H and O–H groups in total. The molecule has 0 aromatic carbocycles. The van der Waals surface area contributed by atoms with E-state index in [1.54, 1.807) is 6.92 Å². The van der Waals surface area contributed by atoms with Crippen molar-refractivity contribution < 1.29 is 23.4 Å². The Morgan fingerprint density at radius 2 is 1.90 bits per heavy atom. The molecule has 0 bridgehead atoms. The van der Waals surface area contributed by atoms with E-state index < -0.39 is 5.91 Å². The molecule has 0 unspecified atom stereocenters. The van der Waals surface area contributed by atoms with Gasteiger partial charge in [0.05, 0.1) is 4.91 Å². The smallest absolute Gasteiger partial charge is 0.254 e. The van der Waals surface area contributed by atoms with Gasteiger partial charge in [0, 0.05) is 18.6 Å². The molecular weight excluding hydrogens is 185 g/mol. The van der Waals surface area contributed by atoms with Gasteiger partial charge in [-0.2, -0.15) is 0 Å². The summed E-state index contributed by atoms with van der Waals surface area (Å²) in [6.07, 6.45) is 0. The van der Waals surface area contributed by atoms with Crippen LogP contribution in [0, 0.1) is 0 Å². The number of hydrogen-bond acceptors (Lipinski definition) is 2. The van der Waals surface area contributed by atoms with E-state index in [1.807, 2.05) is 0 Å². The van der Waals surface area contributed by atoms with Gasteiger partial charge in [0.2, 0.25) is 0 Å². The fourth-order valence-corrected chi connectivity index (χ4v) is 0.782. The quantitative estimate of drug-likeness (QED) is 0.687. The monoisotopic (exact) mass is 194 g/mol. The number of thioether (sulfide) groups is 1. The molecule has 0 saturated heterocycles. The first-order valence-electron chi connectivity index (χ1n) is 2.36. The van der Waals surface area contributed by atoms with Crippen molar-refractivity contribution in [2.45, 2.75) is 6.92 Å². The van der Waals surface area contributed by atoms with Gasteiger partial charge in [-0.1, -0.05) is 24.9 Å². The molecule has 0 aliphatic carbocycles. The first-order valence-corrected chi connectivity index (χ1v) is 3.17. The van der Waals surface area contributed by atoms with Gasteiger partial charge in [-0.25, -0.2) is 0 Å². The molecular formula is C6H9NOSV. The second kappa shape index (κ2) is 5.65. The second-order valence-corrected chi connectivity index (χ2v) is 2.99. The van der Waals surface area contributed by atoms with E-state index in [1.165, 1.54) is 11.8 Å². The summed E-state index contributed by atoms with van der Waals surface area (Å²) in [5.74, 6) is -0.483. The van der Waals surface area contributed by atoms with Crippen LogP contribution in [0.1, 0.15) is 6.92 Å². The van der Waals surface area contributed by atoms with E-state index in [4.69, 9.17) is 5.73 Å². The maximum absolute atomic E-state index is 10.3. The summed E-state index contributed by atoms with van der Waals surface area (Å²) >= 11 is 1.20. The zero-order valence-electron chi connectivity index (χ0n) is 5.76. The van der Waals surface area contributed by atoms with Gasteiger partial charge >= 0.3 is 0 Å². The topological polar surface area (TPSA) is 43.1 Å². The van der Waals surface area contributed by atoms with Crippen LogP contribution in [0.5, 0.6) is 0 Å². The first kappa shape index (κ1) is 12.6. The minimum atomic E-state index is -0.483. The number of allylic oxidation sites excluding steroid dienone is 1. The third-order valence-electron chi connectivity index (χ3n) is 0.572. The molecule has 10 heavy (non-hydrogen) atoms. The Bertz CT molecular complexity index is 167. The Hall–Kier alpha value is -0.116. The summed E-state index contributed by atoms with van der Waals surface area (Å²) in [6.45, 7) is 8.78. The average Bonchev–Trinajstić information content (AvgIpc) is 1.63. The molecule has 0 spiro atoms. The molecule has 0 heterocycles. The molecule has 2 nitrogen and oxygen atoms in total. The van der Waals surface area contributed by atoms with E-state index in [0.717, 1.165) is 4.91 Å². The minimum Gasteiger partial charge on any atom is -0.365 e. The van der Waals surface area contributed by atoms with Crippen LogP contribution >= 0.6 is 11.8 Å². The van der Waals surface area contributed by atoms with Gasteiger partial charge in [0.25, 0.3) is 5.91 Å². The van der Waals surface area contributed by atoms with Crippen molar-refractivity contribution in [2.75, 3.05) is 0 Å². The summed E-state index contributed by atoms with van der Waals surface area (Å²) in [5.41, 5.74) is 4.88. The average molecular weight is 194 g/mol. The van der Waals surface area contributed by atoms with Crippen molar-refractivity contribution in [3.8, 4) is 0 Å². The number of nitrogens with two attached hydrogens (primary N) is 1. The number of carbonyl (C=O) groups is 1. The van der Waals surface area contributed by atoms with Crippen LogP contribution in [0.15, 0.2) is 23.0 Å². The number of amides is 1. The van der Waals surface area contributed by atoms with Gasteiger partial charge in [0.15, 0.2) is 0 Å². The van der Waals surface area contributed by atoms with Gasteiger partial charge in [-0.15, -0.1) is 0 Å². The fraction of sp³-hybridized carbons (Fsp3) is 0.167. The second-order valence-electron chi connectivity index (χ2n) is 1.59. The van der Waals surface area contributed by atoms with Gasteiger partial charge < -0.3 is 5.73 Å². The summed E-state index contributed by atoms with van der Waals surface area (Å²) in [4.78, 5) is 11.4. The number of carbonyl (C=O) groups excluding carboxylic acids is 1. The van der Waals surface area contributed by atoms with Gasteiger partial charge in [-0.3, -0.25) is 4.79 Å². The van der Waals surface area contributed by atoms with E-state index in [2.05, 4.69) is 13.2 Å². The Kier molecular flexibility index (Phi) is 7.09. The Morgan fingerprint density at radius 3 is 2.00 bits per heavy atom. The summed E-state index contributed by atoms with van der Waals surface area (Å²) in [5, 5.41) is 0. The predicted molar refractivity (Wildman–Crippen MR) is 40.7 cm³/mol.